The maximum Gasteiger partial charge on any atom is 0.0688 e. The quantitative estimate of drug-likeness (QED) is 0.929. The van der Waals surface area contributed by atoms with Crippen molar-refractivity contribution in [3.05, 3.63) is 41.1 Å². The van der Waals surface area contributed by atoms with E-state index in [4.69, 9.17) is 5.73 Å². The third-order valence-electron chi connectivity index (χ3n) is 3.62. The van der Waals surface area contributed by atoms with E-state index in [0.29, 0.717) is 6.54 Å². The Morgan fingerprint density at radius 1 is 1.15 bits per heavy atom. The Bertz CT molecular complexity index is 603. The largest absolute Gasteiger partial charge is 0.329 e. The van der Waals surface area contributed by atoms with Gasteiger partial charge in [-0.3, -0.25) is 4.68 Å². The number of nitrogens with two attached hydrogens (primary N) is 1. The van der Waals surface area contributed by atoms with Gasteiger partial charge in [0.2, 0.25) is 0 Å². The molecule has 20 heavy (non-hydrogen) atoms. The zero-order valence-corrected chi connectivity index (χ0v) is 13.2. The van der Waals surface area contributed by atoms with E-state index in [2.05, 4.69) is 57.1 Å². The summed E-state index contributed by atoms with van der Waals surface area (Å²) in [5.74, 6) is 0. The summed E-state index contributed by atoms with van der Waals surface area (Å²) in [6, 6.07) is 8.85. The van der Waals surface area contributed by atoms with Gasteiger partial charge in [-0.05, 0) is 42.5 Å². The zero-order valence-electron chi connectivity index (χ0n) is 13.2. The molecule has 0 aliphatic heterocycles. The van der Waals surface area contributed by atoms with Crippen LogP contribution in [-0.2, 0) is 12.0 Å². The molecule has 0 atom stereocenters. The number of aromatic nitrogens is 2. The number of hydrogen-bond donors (Lipinski definition) is 1. The van der Waals surface area contributed by atoms with Crippen molar-refractivity contribution >= 4 is 0 Å². The summed E-state index contributed by atoms with van der Waals surface area (Å²) < 4.78 is 2.02. The minimum Gasteiger partial charge on any atom is -0.329 e. The summed E-state index contributed by atoms with van der Waals surface area (Å²) >= 11 is 0. The van der Waals surface area contributed by atoms with Crippen LogP contribution in [0, 0.1) is 13.8 Å². The lowest BCUT2D eigenvalue weighted by Gasteiger charge is -2.21. The second-order valence-corrected chi connectivity index (χ2v) is 6.46. The Hall–Kier alpha value is -1.61. The van der Waals surface area contributed by atoms with E-state index in [0.717, 1.165) is 17.9 Å². The van der Waals surface area contributed by atoms with Crippen LogP contribution in [0.2, 0.25) is 0 Å². The lowest BCUT2D eigenvalue weighted by molar-refractivity contribution is 0.589. The van der Waals surface area contributed by atoms with Gasteiger partial charge in [0.1, 0.15) is 0 Å². The van der Waals surface area contributed by atoms with Crippen LogP contribution in [0.15, 0.2) is 24.3 Å². The Morgan fingerprint density at radius 2 is 1.85 bits per heavy atom. The minimum atomic E-state index is 0.149. The van der Waals surface area contributed by atoms with Crippen LogP contribution in [0.1, 0.15) is 37.6 Å². The predicted octanol–water partition coefficient (Wildman–Crippen LogP) is 3.42. The molecule has 2 N–H and O–H groups in total. The van der Waals surface area contributed by atoms with E-state index >= 15 is 0 Å². The molecule has 0 fully saturated rings. The normalized spacial score (nSPS) is 11.9. The van der Waals surface area contributed by atoms with Gasteiger partial charge in [-0.15, -0.1) is 0 Å². The van der Waals surface area contributed by atoms with E-state index in [1.54, 1.807) is 0 Å². The maximum atomic E-state index is 5.69. The molecule has 0 unspecified atom stereocenters. The van der Waals surface area contributed by atoms with E-state index in [9.17, 15) is 0 Å². The molecule has 0 bridgehead atoms. The summed E-state index contributed by atoms with van der Waals surface area (Å²) in [6.45, 7) is 12.3. The molecule has 3 heteroatoms. The average Bonchev–Trinajstić information content (AvgIpc) is 2.70. The molecule has 2 aromatic rings. The molecule has 1 heterocycles. The molecule has 108 valence electrons. The van der Waals surface area contributed by atoms with Gasteiger partial charge in [-0.2, -0.15) is 5.10 Å². The molecule has 0 aliphatic rings. The summed E-state index contributed by atoms with van der Waals surface area (Å²) in [5, 5.41) is 4.55. The third kappa shape index (κ3) is 2.93. The minimum absolute atomic E-state index is 0.149. The van der Waals surface area contributed by atoms with Gasteiger partial charge in [-0.1, -0.05) is 32.9 Å². The van der Waals surface area contributed by atoms with Crippen LogP contribution in [0.25, 0.3) is 11.3 Å². The predicted molar refractivity (Wildman–Crippen MR) is 84.9 cm³/mol. The number of hydrogen-bond acceptors (Lipinski definition) is 2. The monoisotopic (exact) mass is 271 g/mol. The van der Waals surface area contributed by atoms with Gasteiger partial charge in [-0.25, -0.2) is 0 Å². The molecule has 2 rings (SSSR count). The average molecular weight is 271 g/mol. The number of rotatable bonds is 3. The van der Waals surface area contributed by atoms with Crippen LogP contribution < -0.4 is 5.73 Å². The highest BCUT2D eigenvalue weighted by Gasteiger charge is 2.17. The molecular formula is C17H25N3. The fourth-order valence-electron chi connectivity index (χ4n) is 2.42. The Kier molecular flexibility index (Phi) is 4.00. The highest BCUT2D eigenvalue weighted by atomic mass is 15.3. The summed E-state index contributed by atoms with van der Waals surface area (Å²) in [4.78, 5) is 0. The van der Waals surface area contributed by atoms with Crippen LogP contribution in [0.4, 0.5) is 0 Å². The SMILES string of the molecule is Cc1cc(-c2cc(C(C)(C)C)ccc2C)n(CCN)n1. The molecular weight excluding hydrogens is 246 g/mol. The van der Waals surface area contributed by atoms with Crippen molar-refractivity contribution in [1.29, 1.82) is 0 Å². The first-order chi connectivity index (χ1) is 9.32. The number of benzene rings is 1. The smallest absolute Gasteiger partial charge is 0.0688 e. The fourth-order valence-corrected chi connectivity index (χ4v) is 2.42. The van der Waals surface area contributed by atoms with Gasteiger partial charge in [0, 0.05) is 12.1 Å². The molecule has 0 spiro atoms. The zero-order chi connectivity index (χ0) is 14.9. The maximum absolute atomic E-state index is 5.69. The molecule has 0 radical (unpaired) electrons. The van der Waals surface area contributed by atoms with Crippen molar-refractivity contribution in [1.82, 2.24) is 9.78 Å². The third-order valence-corrected chi connectivity index (χ3v) is 3.62. The lowest BCUT2D eigenvalue weighted by Crippen LogP contribution is -2.14. The fraction of sp³-hybridized carbons (Fsp3) is 0.471. The molecule has 0 aliphatic carbocycles. The van der Waals surface area contributed by atoms with Crippen LogP contribution >= 0.6 is 0 Å². The van der Waals surface area contributed by atoms with E-state index in [1.165, 1.54) is 16.7 Å². The van der Waals surface area contributed by atoms with Crippen LogP contribution in [-0.4, -0.2) is 16.3 Å². The van der Waals surface area contributed by atoms with Crippen molar-refractivity contribution in [2.24, 2.45) is 5.73 Å². The number of nitrogens with zero attached hydrogens (tertiary/aromatic N) is 2. The standard InChI is InChI=1S/C17H25N3/c1-12-6-7-14(17(3,4)5)11-15(12)16-10-13(2)19-20(16)9-8-18/h6-7,10-11H,8-9,18H2,1-5H3. The summed E-state index contributed by atoms with van der Waals surface area (Å²) in [7, 11) is 0. The van der Waals surface area contributed by atoms with Crippen molar-refractivity contribution < 1.29 is 0 Å². The topological polar surface area (TPSA) is 43.8 Å². The van der Waals surface area contributed by atoms with Crippen LogP contribution in [0.5, 0.6) is 0 Å². The van der Waals surface area contributed by atoms with Gasteiger partial charge < -0.3 is 5.73 Å². The molecule has 0 saturated carbocycles. The summed E-state index contributed by atoms with van der Waals surface area (Å²) in [5.41, 5.74) is 11.9. The van der Waals surface area contributed by atoms with E-state index in [1.807, 2.05) is 11.6 Å². The lowest BCUT2D eigenvalue weighted by atomic mass is 9.85. The molecule has 3 nitrogen and oxygen atoms in total. The van der Waals surface area contributed by atoms with Crippen molar-refractivity contribution in [2.45, 2.75) is 46.6 Å². The highest BCUT2D eigenvalue weighted by molar-refractivity contribution is 5.65. The Balaban J connectivity index is 2.57. The molecule has 1 aromatic heterocycles. The van der Waals surface area contributed by atoms with Gasteiger partial charge >= 0.3 is 0 Å². The Labute approximate surface area is 121 Å². The first-order valence-corrected chi connectivity index (χ1v) is 7.19. The van der Waals surface area contributed by atoms with Crippen LogP contribution in [0.3, 0.4) is 0 Å². The Morgan fingerprint density at radius 3 is 2.45 bits per heavy atom. The summed E-state index contributed by atoms with van der Waals surface area (Å²) in [6.07, 6.45) is 0. The molecule has 1 aromatic carbocycles. The highest BCUT2D eigenvalue weighted by Crippen LogP contribution is 2.30. The number of aryl methyl sites for hydroxylation is 2. The second kappa shape index (κ2) is 5.41. The first kappa shape index (κ1) is 14.8. The van der Waals surface area contributed by atoms with Gasteiger partial charge in [0.15, 0.2) is 0 Å². The molecule has 0 amide bonds. The van der Waals surface area contributed by atoms with Gasteiger partial charge in [0.05, 0.1) is 17.9 Å². The molecule has 0 saturated heterocycles. The van der Waals surface area contributed by atoms with E-state index in [-0.39, 0.29) is 5.41 Å². The van der Waals surface area contributed by atoms with Crippen molar-refractivity contribution in [3.8, 4) is 11.3 Å². The first-order valence-electron chi connectivity index (χ1n) is 7.19. The second-order valence-electron chi connectivity index (χ2n) is 6.46. The van der Waals surface area contributed by atoms with Gasteiger partial charge in [0.25, 0.3) is 0 Å². The van der Waals surface area contributed by atoms with Crippen molar-refractivity contribution in [3.63, 3.8) is 0 Å². The van der Waals surface area contributed by atoms with E-state index < -0.39 is 0 Å². The van der Waals surface area contributed by atoms with Crippen molar-refractivity contribution in [2.75, 3.05) is 6.54 Å².